The van der Waals surface area contributed by atoms with Crippen molar-refractivity contribution in [3.8, 4) is 0 Å². The van der Waals surface area contributed by atoms with E-state index >= 15 is 0 Å². The quantitative estimate of drug-likeness (QED) is 0.467. The maximum atomic E-state index is 11.7. The van der Waals surface area contributed by atoms with Gasteiger partial charge in [0.15, 0.2) is 0 Å². The first-order valence-electron chi connectivity index (χ1n) is 5.97. The van der Waals surface area contributed by atoms with Crippen molar-refractivity contribution >= 4 is 17.8 Å². The molecule has 0 bridgehead atoms. The molecule has 0 saturated carbocycles. The van der Waals surface area contributed by atoms with E-state index in [0.29, 0.717) is 6.54 Å². The number of nitrogens with zero attached hydrogens (tertiary/aromatic N) is 1. The molecule has 0 aliphatic carbocycles. The summed E-state index contributed by atoms with van der Waals surface area (Å²) in [5, 5.41) is 11.0. The molecule has 0 spiro atoms. The third kappa shape index (κ3) is 7.61. The lowest BCUT2D eigenvalue weighted by atomic mass is 10.2. The van der Waals surface area contributed by atoms with Gasteiger partial charge in [0.25, 0.3) is 0 Å². The van der Waals surface area contributed by atoms with Gasteiger partial charge in [0, 0.05) is 6.54 Å². The normalized spacial score (nSPS) is 9.89. The van der Waals surface area contributed by atoms with Gasteiger partial charge in [-0.15, -0.1) is 0 Å². The van der Waals surface area contributed by atoms with Crippen molar-refractivity contribution in [2.75, 3.05) is 26.2 Å². The second-order valence-electron chi connectivity index (χ2n) is 3.90. The van der Waals surface area contributed by atoms with Crippen LogP contribution >= 0.6 is 0 Å². The van der Waals surface area contributed by atoms with Gasteiger partial charge in [-0.25, -0.2) is 0 Å². The van der Waals surface area contributed by atoms with Crippen molar-refractivity contribution in [2.45, 2.75) is 26.2 Å². The van der Waals surface area contributed by atoms with Crippen LogP contribution in [0.25, 0.3) is 0 Å². The Balaban J connectivity index is 4.21. The van der Waals surface area contributed by atoms with Crippen molar-refractivity contribution < 1.29 is 19.5 Å². The molecule has 0 fully saturated rings. The zero-order chi connectivity index (χ0) is 14.0. The molecule has 0 aromatic rings. The smallest absolute Gasteiger partial charge is 0.323 e. The first-order chi connectivity index (χ1) is 8.51. The largest absolute Gasteiger partial charge is 0.480 e. The van der Waals surface area contributed by atoms with E-state index in [1.165, 1.54) is 4.90 Å². The fraction of sp³-hybridized carbons (Fsp3) is 0.727. The number of carbonyl (C=O) groups excluding carboxylic acids is 2. The fourth-order valence-corrected chi connectivity index (χ4v) is 1.37. The first-order valence-corrected chi connectivity index (χ1v) is 5.97. The van der Waals surface area contributed by atoms with Crippen LogP contribution in [0.2, 0.25) is 0 Å². The van der Waals surface area contributed by atoms with Gasteiger partial charge in [0.2, 0.25) is 11.8 Å². The Morgan fingerprint density at radius 3 is 2.44 bits per heavy atom. The Labute approximate surface area is 106 Å². The van der Waals surface area contributed by atoms with Crippen LogP contribution in [0.3, 0.4) is 0 Å². The second kappa shape index (κ2) is 9.41. The van der Waals surface area contributed by atoms with Crippen molar-refractivity contribution in [3.63, 3.8) is 0 Å². The van der Waals surface area contributed by atoms with E-state index in [1.807, 2.05) is 6.92 Å². The van der Waals surface area contributed by atoms with Crippen LogP contribution in [0.1, 0.15) is 26.2 Å². The number of unbranched alkanes of at least 4 members (excludes halogenated alkanes) is 2. The Morgan fingerprint density at radius 1 is 1.28 bits per heavy atom. The Hall–Kier alpha value is -1.63. The monoisotopic (exact) mass is 259 g/mol. The van der Waals surface area contributed by atoms with Crippen molar-refractivity contribution in [2.24, 2.45) is 5.73 Å². The molecule has 7 nitrogen and oxygen atoms in total. The molecule has 0 aromatic carbocycles. The molecule has 2 amide bonds. The predicted octanol–water partition coefficient (Wildman–Crippen LogP) is -0.835. The highest BCUT2D eigenvalue weighted by molar-refractivity contribution is 5.87. The van der Waals surface area contributed by atoms with Gasteiger partial charge in [-0.2, -0.15) is 0 Å². The van der Waals surface area contributed by atoms with E-state index < -0.39 is 17.8 Å². The number of carboxylic acids is 1. The molecule has 0 rings (SSSR count). The molecule has 4 N–H and O–H groups in total. The van der Waals surface area contributed by atoms with Crippen molar-refractivity contribution in [1.82, 2.24) is 10.2 Å². The molecule has 0 saturated heterocycles. The summed E-state index contributed by atoms with van der Waals surface area (Å²) < 4.78 is 0. The molecular weight excluding hydrogens is 238 g/mol. The summed E-state index contributed by atoms with van der Waals surface area (Å²) >= 11 is 0. The number of nitrogens with two attached hydrogens (primary N) is 1. The van der Waals surface area contributed by atoms with Crippen molar-refractivity contribution in [1.29, 1.82) is 0 Å². The summed E-state index contributed by atoms with van der Waals surface area (Å²) in [5.74, 6) is -1.91. The maximum Gasteiger partial charge on any atom is 0.323 e. The molecule has 0 radical (unpaired) electrons. The summed E-state index contributed by atoms with van der Waals surface area (Å²) in [4.78, 5) is 34.5. The lowest BCUT2D eigenvalue weighted by Gasteiger charge is -2.20. The van der Waals surface area contributed by atoms with Gasteiger partial charge in [-0.05, 0) is 6.42 Å². The van der Waals surface area contributed by atoms with Gasteiger partial charge in [0.1, 0.15) is 6.54 Å². The molecule has 7 heteroatoms. The molecule has 0 aliphatic rings. The topological polar surface area (TPSA) is 113 Å². The third-order valence-electron chi connectivity index (χ3n) is 2.33. The fourth-order valence-electron chi connectivity index (χ4n) is 1.37. The van der Waals surface area contributed by atoms with E-state index in [9.17, 15) is 14.4 Å². The van der Waals surface area contributed by atoms with Crippen LogP contribution in [0.4, 0.5) is 0 Å². The molecule has 18 heavy (non-hydrogen) atoms. The Kier molecular flexibility index (Phi) is 8.55. The van der Waals surface area contributed by atoms with Crippen LogP contribution in [0.5, 0.6) is 0 Å². The van der Waals surface area contributed by atoms with E-state index in [-0.39, 0.29) is 19.6 Å². The zero-order valence-electron chi connectivity index (χ0n) is 10.6. The summed E-state index contributed by atoms with van der Waals surface area (Å²) in [5.41, 5.74) is 5.08. The van der Waals surface area contributed by atoms with E-state index in [0.717, 1.165) is 19.3 Å². The van der Waals surface area contributed by atoms with Crippen molar-refractivity contribution in [3.05, 3.63) is 0 Å². The molecule has 0 unspecified atom stereocenters. The predicted molar refractivity (Wildman–Crippen MR) is 65.8 cm³/mol. The summed E-state index contributed by atoms with van der Waals surface area (Å²) in [6.07, 6.45) is 2.66. The standard InChI is InChI=1S/C11H21N3O4/c1-2-3-4-5-14(8-11(17)18)10(16)7-13-9(15)6-12/h2-8,12H2,1H3,(H,13,15)(H,17,18). The molecule has 104 valence electrons. The van der Waals surface area contributed by atoms with Gasteiger partial charge in [0.05, 0.1) is 13.1 Å². The van der Waals surface area contributed by atoms with E-state index in [4.69, 9.17) is 10.8 Å². The van der Waals surface area contributed by atoms with E-state index in [2.05, 4.69) is 5.32 Å². The minimum absolute atomic E-state index is 0.192. The zero-order valence-corrected chi connectivity index (χ0v) is 10.6. The SMILES string of the molecule is CCCCCN(CC(=O)O)C(=O)CNC(=O)CN. The summed E-state index contributed by atoms with van der Waals surface area (Å²) in [6, 6.07) is 0. The van der Waals surface area contributed by atoms with Gasteiger partial charge < -0.3 is 21.1 Å². The summed E-state index contributed by atoms with van der Waals surface area (Å²) in [7, 11) is 0. The maximum absolute atomic E-state index is 11.7. The second-order valence-corrected chi connectivity index (χ2v) is 3.90. The highest BCUT2D eigenvalue weighted by Gasteiger charge is 2.16. The van der Waals surface area contributed by atoms with Gasteiger partial charge >= 0.3 is 5.97 Å². The number of hydrogen-bond acceptors (Lipinski definition) is 4. The minimum Gasteiger partial charge on any atom is -0.480 e. The number of nitrogens with one attached hydrogen (secondary N) is 1. The highest BCUT2D eigenvalue weighted by Crippen LogP contribution is 1.99. The average molecular weight is 259 g/mol. The molecule has 0 atom stereocenters. The number of amides is 2. The summed E-state index contributed by atoms with van der Waals surface area (Å²) in [6.45, 7) is 1.65. The molecule has 0 heterocycles. The lowest BCUT2D eigenvalue weighted by molar-refractivity contribution is -0.144. The van der Waals surface area contributed by atoms with E-state index in [1.54, 1.807) is 0 Å². The highest BCUT2D eigenvalue weighted by atomic mass is 16.4. The average Bonchev–Trinajstić information content (AvgIpc) is 2.34. The van der Waals surface area contributed by atoms with Crippen LogP contribution in [0, 0.1) is 0 Å². The molecule has 0 aromatic heterocycles. The lowest BCUT2D eigenvalue weighted by Crippen LogP contribution is -2.44. The number of carboxylic acid groups (broad SMARTS) is 1. The minimum atomic E-state index is -1.06. The molecular formula is C11H21N3O4. The number of carbonyl (C=O) groups is 3. The van der Waals surface area contributed by atoms with Crippen LogP contribution in [-0.2, 0) is 14.4 Å². The van der Waals surface area contributed by atoms with Gasteiger partial charge in [-0.3, -0.25) is 14.4 Å². The Morgan fingerprint density at radius 2 is 1.94 bits per heavy atom. The van der Waals surface area contributed by atoms with Crippen LogP contribution in [-0.4, -0.2) is 54.0 Å². The Bertz CT molecular complexity index is 294. The van der Waals surface area contributed by atoms with Gasteiger partial charge in [-0.1, -0.05) is 19.8 Å². The van der Waals surface area contributed by atoms with Crippen LogP contribution < -0.4 is 11.1 Å². The number of rotatable bonds is 9. The van der Waals surface area contributed by atoms with Crippen LogP contribution in [0.15, 0.2) is 0 Å². The molecule has 0 aliphatic heterocycles. The third-order valence-corrected chi connectivity index (χ3v) is 2.33. The number of hydrogen-bond donors (Lipinski definition) is 3. The first kappa shape index (κ1) is 16.4. The number of aliphatic carboxylic acids is 1.